The molecule has 0 fully saturated rings. The zero-order chi connectivity index (χ0) is 16.8. The number of carbonyl (C=O) groups is 1. The molecule has 4 heteroatoms. The number of hydrogen-bond acceptors (Lipinski definition) is 3. The summed E-state index contributed by atoms with van der Waals surface area (Å²) in [6.45, 7) is 4.45. The van der Waals surface area contributed by atoms with Gasteiger partial charge in [0.25, 0.3) is 5.91 Å². The molecule has 0 bridgehead atoms. The van der Waals surface area contributed by atoms with Gasteiger partial charge >= 0.3 is 0 Å². The van der Waals surface area contributed by atoms with E-state index in [1.807, 2.05) is 30.3 Å². The van der Waals surface area contributed by atoms with Gasteiger partial charge in [-0.1, -0.05) is 36.9 Å². The van der Waals surface area contributed by atoms with E-state index in [-0.39, 0.29) is 12.0 Å². The van der Waals surface area contributed by atoms with Crippen molar-refractivity contribution >= 4 is 12.0 Å². The Kier molecular flexibility index (Phi) is 4.96. The molecule has 1 aliphatic rings. The van der Waals surface area contributed by atoms with Crippen LogP contribution in [0.3, 0.4) is 0 Å². The molecule has 1 N–H and O–H groups in total. The van der Waals surface area contributed by atoms with Crippen LogP contribution in [0, 0.1) is 0 Å². The van der Waals surface area contributed by atoms with Crippen LogP contribution in [0.15, 0.2) is 67.4 Å². The lowest BCUT2D eigenvalue weighted by Crippen LogP contribution is -2.29. The fourth-order valence-electron chi connectivity index (χ4n) is 2.54. The van der Waals surface area contributed by atoms with Gasteiger partial charge in [-0.3, -0.25) is 4.79 Å². The molecule has 1 atom stereocenters. The van der Waals surface area contributed by atoms with E-state index in [4.69, 9.17) is 9.47 Å². The molecule has 4 nitrogen and oxygen atoms in total. The van der Waals surface area contributed by atoms with Crippen molar-refractivity contribution in [1.29, 1.82) is 0 Å². The summed E-state index contributed by atoms with van der Waals surface area (Å²) >= 11 is 0. The molecular weight excluding hydrogens is 302 g/mol. The average Bonchev–Trinajstić information content (AvgIpc) is 2.64. The molecule has 2 aromatic rings. The molecule has 0 aliphatic carbocycles. The van der Waals surface area contributed by atoms with Gasteiger partial charge in [-0.05, 0) is 35.9 Å². The van der Waals surface area contributed by atoms with Crippen LogP contribution in [0.2, 0.25) is 0 Å². The highest BCUT2D eigenvalue weighted by Gasteiger charge is 2.18. The van der Waals surface area contributed by atoms with E-state index in [2.05, 4.69) is 11.9 Å². The van der Waals surface area contributed by atoms with Crippen LogP contribution >= 0.6 is 0 Å². The number of nitrogens with one attached hydrogen (secondary N) is 1. The predicted octanol–water partition coefficient (Wildman–Crippen LogP) is 3.72. The van der Waals surface area contributed by atoms with E-state index in [0.717, 1.165) is 11.1 Å². The highest BCUT2D eigenvalue weighted by Crippen LogP contribution is 2.26. The maximum absolute atomic E-state index is 12.3. The van der Waals surface area contributed by atoms with Gasteiger partial charge in [0.05, 0.1) is 12.8 Å². The highest BCUT2D eigenvalue weighted by molar-refractivity contribution is 5.94. The lowest BCUT2D eigenvalue weighted by atomic mass is 10.0. The Morgan fingerprint density at radius 2 is 2.00 bits per heavy atom. The summed E-state index contributed by atoms with van der Waals surface area (Å²) in [7, 11) is 0. The van der Waals surface area contributed by atoms with Crippen LogP contribution in [0.1, 0.15) is 27.6 Å². The minimum atomic E-state index is -0.176. The van der Waals surface area contributed by atoms with Crippen molar-refractivity contribution in [2.24, 2.45) is 0 Å². The predicted molar refractivity (Wildman–Crippen MR) is 93.8 cm³/mol. The first kappa shape index (κ1) is 15.9. The van der Waals surface area contributed by atoms with Gasteiger partial charge in [-0.25, -0.2) is 0 Å². The summed E-state index contributed by atoms with van der Waals surface area (Å²) in [6, 6.07) is 15.0. The van der Waals surface area contributed by atoms with Crippen molar-refractivity contribution in [2.45, 2.75) is 6.10 Å². The highest BCUT2D eigenvalue weighted by atomic mass is 16.5. The third kappa shape index (κ3) is 3.66. The molecule has 1 heterocycles. The topological polar surface area (TPSA) is 47.6 Å². The third-order valence-electron chi connectivity index (χ3n) is 3.77. The normalized spacial score (nSPS) is 15.1. The van der Waals surface area contributed by atoms with Crippen molar-refractivity contribution < 1.29 is 14.3 Å². The summed E-state index contributed by atoms with van der Waals surface area (Å²) < 4.78 is 11.0. The van der Waals surface area contributed by atoms with E-state index < -0.39 is 0 Å². The molecule has 0 radical (unpaired) electrons. The second-order valence-electron chi connectivity index (χ2n) is 5.39. The zero-order valence-electron chi connectivity index (χ0n) is 13.3. The first-order valence-corrected chi connectivity index (χ1v) is 7.81. The molecule has 0 saturated heterocycles. The molecule has 1 amide bonds. The standard InChI is InChI=1S/C20H19NO3/c1-2-12-23-17-9-7-16(8-10-17)20(22)21-14-19-18-6-4-3-5-15(18)11-13-24-19/h2-11,13,19H,1,12,14H2,(H,21,22). The molecule has 122 valence electrons. The summed E-state index contributed by atoms with van der Waals surface area (Å²) in [4.78, 5) is 12.3. The van der Waals surface area contributed by atoms with Crippen LogP contribution in [0.25, 0.3) is 6.08 Å². The van der Waals surface area contributed by atoms with Crippen molar-refractivity contribution in [3.05, 3.63) is 84.1 Å². The van der Waals surface area contributed by atoms with Crippen molar-refractivity contribution in [3.8, 4) is 5.75 Å². The Labute approximate surface area is 141 Å². The van der Waals surface area contributed by atoms with Crippen LogP contribution < -0.4 is 10.1 Å². The van der Waals surface area contributed by atoms with E-state index >= 15 is 0 Å². The van der Waals surface area contributed by atoms with E-state index in [1.54, 1.807) is 36.6 Å². The average molecular weight is 321 g/mol. The fraction of sp³-hybridized carbons (Fsp3) is 0.150. The summed E-state index contributed by atoms with van der Waals surface area (Å²) in [5.41, 5.74) is 2.78. The monoisotopic (exact) mass is 321 g/mol. The molecule has 2 aromatic carbocycles. The smallest absolute Gasteiger partial charge is 0.251 e. The van der Waals surface area contributed by atoms with Gasteiger partial charge in [0.15, 0.2) is 0 Å². The number of carbonyl (C=O) groups excluding carboxylic acids is 1. The Morgan fingerprint density at radius 3 is 2.79 bits per heavy atom. The zero-order valence-corrected chi connectivity index (χ0v) is 13.3. The van der Waals surface area contributed by atoms with E-state index in [1.165, 1.54) is 0 Å². The molecule has 3 rings (SSSR count). The van der Waals surface area contributed by atoms with Crippen LogP contribution in [0.5, 0.6) is 5.75 Å². The lowest BCUT2D eigenvalue weighted by molar-refractivity contribution is 0.0898. The minimum absolute atomic E-state index is 0.138. The van der Waals surface area contributed by atoms with Crippen molar-refractivity contribution in [1.82, 2.24) is 5.32 Å². The second-order valence-corrected chi connectivity index (χ2v) is 5.39. The van der Waals surface area contributed by atoms with Gasteiger partial charge in [0, 0.05) is 11.1 Å². The summed E-state index contributed by atoms with van der Waals surface area (Å²) in [6.07, 6.45) is 5.10. The summed E-state index contributed by atoms with van der Waals surface area (Å²) in [5, 5.41) is 2.92. The number of amides is 1. The summed E-state index contributed by atoms with van der Waals surface area (Å²) in [5.74, 6) is 0.571. The van der Waals surface area contributed by atoms with Gasteiger partial charge < -0.3 is 14.8 Å². The number of rotatable bonds is 6. The first-order valence-electron chi connectivity index (χ1n) is 7.81. The number of ether oxygens (including phenoxy) is 2. The van der Waals surface area contributed by atoms with E-state index in [0.29, 0.717) is 24.5 Å². The molecule has 0 spiro atoms. The molecular formula is C20H19NO3. The van der Waals surface area contributed by atoms with Crippen LogP contribution in [0.4, 0.5) is 0 Å². The Balaban J connectivity index is 1.60. The van der Waals surface area contributed by atoms with Crippen molar-refractivity contribution in [2.75, 3.05) is 13.2 Å². The van der Waals surface area contributed by atoms with Gasteiger partial charge in [0.1, 0.15) is 18.5 Å². The fourth-order valence-corrected chi connectivity index (χ4v) is 2.54. The second kappa shape index (κ2) is 7.51. The lowest BCUT2D eigenvalue weighted by Gasteiger charge is -2.23. The van der Waals surface area contributed by atoms with Gasteiger partial charge in [-0.15, -0.1) is 0 Å². The van der Waals surface area contributed by atoms with Crippen LogP contribution in [-0.4, -0.2) is 19.1 Å². The Bertz CT molecular complexity index is 750. The van der Waals surface area contributed by atoms with Crippen LogP contribution in [-0.2, 0) is 4.74 Å². The Hall–Kier alpha value is -3.01. The largest absolute Gasteiger partial charge is 0.491 e. The number of benzene rings is 2. The molecule has 1 aliphatic heterocycles. The SMILES string of the molecule is C=CCOc1ccc(C(=O)NCC2OC=Cc3ccccc32)cc1. The maximum Gasteiger partial charge on any atom is 0.251 e. The van der Waals surface area contributed by atoms with Crippen molar-refractivity contribution in [3.63, 3.8) is 0 Å². The van der Waals surface area contributed by atoms with E-state index in [9.17, 15) is 4.79 Å². The molecule has 0 saturated carbocycles. The molecule has 1 unspecified atom stereocenters. The quantitative estimate of drug-likeness (QED) is 0.825. The number of fused-ring (bicyclic) bond motifs is 1. The molecule has 0 aromatic heterocycles. The maximum atomic E-state index is 12.3. The number of hydrogen-bond donors (Lipinski definition) is 1. The Morgan fingerprint density at radius 1 is 1.21 bits per heavy atom. The first-order chi connectivity index (χ1) is 11.8. The van der Waals surface area contributed by atoms with Gasteiger partial charge in [-0.2, -0.15) is 0 Å². The van der Waals surface area contributed by atoms with Gasteiger partial charge in [0.2, 0.25) is 0 Å². The minimum Gasteiger partial charge on any atom is -0.491 e. The third-order valence-corrected chi connectivity index (χ3v) is 3.77. The molecule has 24 heavy (non-hydrogen) atoms.